The summed E-state index contributed by atoms with van der Waals surface area (Å²) in [5.41, 5.74) is 9.74. The Labute approximate surface area is 150 Å². The van der Waals surface area contributed by atoms with Crippen molar-refractivity contribution in [3.63, 3.8) is 0 Å². The second kappa shape index (κ2) is 8.39. The van der Waals surface area contributed by atoms with E-state index >= 15 is 0 Å². The Morgan fingerprint density at radius 2 is 2.08 bits per heavy atom. The van der Waals surface area contributed by atoms with Gasteiger partial charge in [-0.15, -0.1) is 0 Å². The molecule has 1 saturated heterocycles. The zero-order chi connectivity index (χ0) is 17.6. The van der Waals surface area contributed by atoms with Gasteiger partial charge in [0.05, 0.1) is 17.6 Å². The van der Waals surface area contributed by atoms with Crippen molar-refractivity contribution in [1.29, 1.82) is 0 Å². The lowest BCUT2D eigenvalue weighted by molar-refractivity contribution is 0.0846. The molecule has 0 radical (unpaired) electrons. The minimum Gasteiger partial charge on any atom is -0.449 e. The Bertz CT molecular complexity index is 651. The first-order valence-electron chi connectivity index (χ1n) is 9.34. The molecule has 3 rings (SSSR count). The smallest absolute Gasteiger partial charge is 0.180 e. The lowest BCUT2D eigenvalue weighted by Gasteiger charge is -2.36. The lowest BCUT2D eigenvalue weighted by atomic mass is 9.91. The minimum atomic E-state index is 0.391. The van der Waals surface area contributed by atoms with Crippen LogP contribution < -0.4 is 10.6 Å². The molecule has 0 saturated carbocycles. The topological polar surface area (TPSA) is 64.5 Å². The van der Waals surface area contributed by atoms with Crippen LogP contribution in [-0.4, -0.2) is 30.8 Å². The number of benzene rings is 1. The average Bonchev–Trinajstić information content (AvgIpc) is 3.16. The number of hydrogen-bond acceptors (Lipinski definition) is 5. The monoisotopic (exact) mass is 343 g/mol. The quantitative estimate of drug-likeness (QED) is 0.770. The maximum Gasteiger partial charge on any atom is 0.180 e. The Hall–Kier alpha value is -2.01. The van der Waals surface area contributed by atoms with Crippen molar-refractivity contribution in [3.05, 3.63) is 42.1 Å². The van der Waals surface area contributed by atoms with Gasteiger partial charge in [-0.1, -0.05) is 13.0 Å². The summed E-state index contributed by atoms with van der Waals surface area (Å²) < 4.78 is 10.9. The van der Waals surface area contributed by atoms with Gasteiger partial charge in [-0.05, 0) is 49.8 Å². The maximum atomic E-state index is 6.46. The van der Waals surface area contributed by atoms with Crippen LogP contribution in [-0.2, 0) is 11.2 Å². The number of anilines is 2. The third-order valence-electron chi connectivity index (χ3n) is 5.23. The molecule has 1 fully saturated rings. The van der Waals surface area contributed by atoms with Crippen LogP contribution in [0.4, 0.5) is 11.4 Å². The second-order valence-electron chi connectivity index (χ2n) is 6.72. The van der Waals surface area contributed by atoms with E-state index in [0.29, 0.717) is 12.0 Å². The van der Waals surface area contributed by atoms with Gasteiger partial charge >= 0.3 is 0 Å². The van der Waals surface area contributed by atoms with E-state index < -0.39 is 0 Å². The van der Waals surface area contributed by atoms with E-state index in [4.69, 9.17) is 14.9 Å². The largest absolute Gasteiger partial charge is 0.449 e. The second-order valence-corrected chi connectivity index (χ2v) is 6.72. The van der Waals surface area contributed by atoms with Crippen molar-refractivity contribution >= 4 is 11.4 Å². The van der Waals surface area contributed by atoms with Crippen molar-refractivity contribution in [1.82, 2.24) is 4.98 Å². The molecule has 0 bridgehead atoms. The number of rotatable bonds is 7. The van der Waals surface area contributed by atoms with Crippen LogP contribution in [0.5, 0.6) is 0 Å². The zero-order valence-electron chi connectivity index (χ0n) is 15.3. The summed E-state index contributed by atoms with van der Waals surface area (Å²) in [5.74, 6) is 1.31. The molecule has 1 aromatic carbocycles. The van der Waals surface area contributed by atoms with E-state index in [0.717, 1.165) is 62.6 Å². The summed E-state index contributed by atoms with van der Waals surface area (Å²) in [4.78, 5) is 6.44. The summed E-state index contributed by atoms with van der Waals surface area (Å²) in [6.07, 6.45) is 7.32. The first-order chi connectivity index (χ1) is 12.2. The number of aromatic nitrogens is 1. The molecule has 0 amide bonds. The van der Waals surface area contributed by atoms with Gasteiger partial charge in [-0.2, -0.15) is 0 Å². The highest BCUT2D eigenvalue weighted by atomic mass is 16.5. The van der Waals surface area contributed by atoms with E-state index in [9.17, 15) is 0 Å². The van der Waals surface area contributed by atoms with Gasteiger partial charge in [0.25, 0.3) is 0 Å². The predicted molar refractivity (Wildman–Crippen MR) is 101 cm³/mol. The van der Waals surface area contributed by atoms with Crippen LogP contribution in [0.25, 0.3) is 0 Å². The standard InChI is InChI=1S/C20H29N3O2/c1-3-15(11-18-13-22-14-25-18)16-5-6-20(19(21)12-16)23(4-2)17-7-9-24-10-8-17/h5-6,12-15,17H,3-4,7-11,21H2,1-2H3. The zero-order valence-corrected chi connectivity index (χ0v) is 15.3. The van der Waals surface area contributed by atoms with Crippen molar-refractivity contribution in [2.45, 2.75) is 51.5 Å². The summed E-state index contributed by atoms with van der Waals surface area (Å²) in [5, 5.41) is 0. The van der Waals surface area contributed by atoms with Crippen molar-refractivity contribution < 1.29 is 9.15 Å². The molecule has 1 unspecified atom stereocenters. The number of hydrogen-bond donors (Lipinski definition) is 1. The van der Waals surface area contributed by atoms with Crippen LogP contribution in [0.3, 0.4) is 0 Å². The molecule has 5 heteroatoms. The number of ether oxygens (including phenoxy) is 1. The molecule has 136 valence electrons. The molecule has 1 aliphatic rings. The van der Waals surface area contributed by atoms with Crippen LogP contribution >= 0.6 is 0 Å². The van der Waals surface area contributed by atoms with Crippen LogP contribution in [0.1, 0.15) is 50.4 Å². The van der Waals surface area contributed by atoms with Gasteiger partial charge in [0.15, 0.2) is 6.39 Å². The van der Waals surface area contributed by atoms with Gasteiger partial charge in [0, 0.05) is 32.2 Å². The van der Waals surface area contributed by atoms with Crippen molar-refractivity contribution in [3.8, 4) is 0 Å². The first kappa shape index (κ1) is 17.8. The van der Waals surface area contributed by atoms with Crippen LogP contribution in [0, 0.1) is 0 Å². The van der Waals surface area contributed by atoms with E-state index in [1.54, 1.807) is 6.20 Å². The molecule has 1 aromatic heterocycles. The lowest BCUT2D eigenvalue weighted by Crippen LogP contribution is -2.39. The molecule has 1 aliphatic heterocycles. The molecule has 0 aliphatic carbocycles. The van der Waals surface area contributed by atoms with E-state index in [1.807, 2.05) is 0 Å². The normalized spacial score (nSPS) is 16.7. The highest BCUT2D eigenvalue weighted by Crippen LogP contribution is 2.33. The van der Waals surface area contributed by atoms with Crippen molar-refractivity contribution in [2.24, 2.45) is 0 Å². The third kappa shape index (κ3) is 4.15. The molecular weight excluding hydrogens is 314 g/mol. The van der Waals surface area contributed by atoms with Crippen LogP contribution in [0.2, 0.25) is 0 Å². The van der Waals surface area contributed by atoms with E-state index in [2.05, 4.69) is 41.9 Å². The Morgan fingerprint density at radius 1 is 1.28 bits per heavy atom. The predicted octanol–water partition coefficient (Wildman–Crippen LogP) is 4.00. The number of nitrogen functional groups attached to an aromatic ring is 1. The first-order valence-corrected chi connectivity index (χ1v) is 9.34. The number of nitrogens with two attached hydrogens (primary N) is 1. The number of oxazole rings is 1. The SMILES string of the molecule is CCC(Cc1cnco1)c1ccc(N(CC)C2CCOCC2)c(N)c1. The molecule has 2 aromatic rings. The van der Waals surface area contributed by atoms with Gasteiger partial charge in [0.1, 0.15) is 5.76 Å². The molecule has 2 heterocycles. The number of nitrogens with zero attached hydrogens (tertiary/aromatic N) is 2. The highest BCUT2D eigenvalue weighted by Gasteiger charge is 2.23. The summed E-state index contributed by atoms with van der Waals surface area (Å²) in [6, 6.07) is 7.07. The van der Waals surface area contributed by atoms with Gasteiger partial charge in [0.2, 0.25) is 0 Å². The fourth-order valence-corrected chi connectivity index (χ4v) is 3.79. The Morgan fingerprint density at radius 3 is 2.68 bits per heavy atom. The summed E-state index contributed by atoms with van der Waals surface area (Å²) in [7, 11) is 0. The van der Waals surface area contributed by atoms with Crippen LogP contribution in [0.15, 0.2) is 35.2 Å². The molecule has 25 heavy (non-hydrogen) atoms. The van der Waals surface area contributed by atoms with Gasteiger partial charge in [-0.3, -0.25) is 0 Å². The maximum absolute atomic E-state index is 6.46. The molecule has 2 N–H and O–H groups in total. The van der Waals surface area contributed by atoms with Crippen molar-refractivity contribution in [2.75, 3.05) is 30.4 Å². The fourth-order valence-electron chi connectivity index (χ4n) is 3.79. The summed E-state index contributed by atoms with van der Waals surface area (Å²) in [6.45, 7) is 7.04. The van der Waals surface area contributed by atoms with E-state index in [-0.39, 0.29) is 0 Å². The fraction of sp³-hybridized carbons (Fsp3) is 0.550. The third-order valence-corrected chi connectivity index (χ3v) is 5.23. The van der Waals surface area contributed by atoms with Gasteiger partial charge < -0.3 is 19.8 Å². The molecule has 5 nitrogen and oxygen atoms in total. The summed E-state index contributed by atoms with van der Waals surface area (Å²) >= 11 is 0. The Balaban J connectivity index is 1.78. The minimum absolute atomic E-state index is 0.391. The average molecular weight is 343 g/mol. The molecule has 1 atom stereocenters. The molecule has 0 spiro atoms. The molecular formula is C20H29N3O2. The van der Waals surface area contributed by atoms with Gasteiger partial charge in [-0.25, -0.2) is 4.98 Å². The highest BCUT2D eigenvalue weighted by molar-refractivity contribution is 5.69. The van der Waals surface area contributed by atoms with E-state index in [1.165, 1.54) is 12.0 Å². The Kier molecular flexibility index (Phi) is 5.97.